The summed E-state index contributed by atoms with van der Waals surface area (Å²) in [5.41, 5.74) is -0.168. The van der Waals surface area contributed by atoms with Crippen molar-refractivity contribution in [2.45, 2.75) is 25.7 Å². The topological polar surface area (TPSA) is 86.7 Å². The van der Waals surface area contributed by atoms with Crippen molar-refractivity contribution in [3.05, 3.63) is 29.8 Å². The van der Waals surface area contributed by atoms with Crippen molar-refractivity contribution in [2.75, 3.05) is 18.4 Å². The molecular formula is C16H18N2O4. The molecule has 0 aromatic heterocycles. The van der Waals surface area contributed by atoms with Gasteiger partial charge in [-0.2, -0.15) is 0 Å². The molecule has 1 saturated heterocycles. The first kappa shape index (κ1) is 14.6. The largest absolute Gasteiger partial charge is 0.480 e. The van der Waals surface area contributed by atoms with Crippen molar-refractivity contribution in [1.29, 1.82) is 0 Å². The zero-order valence-electron chi connectivity index (χ0n) is 12.2. The highest BCUT2D eigenvalue weighted by atomic mass is 16.4. The molecule has 1 aliphatic carbocycles. The quantitative estimate of drug-likeness (QED) is 0.829. The SMILES string of the molecule is O=C(c1ccc(NC(=O)C2(C(=O)O)CC2)cc1)N1CCCC1. The van der Waals surface area contributed by atoms with Gasteiger partial charge < -0.3 is 15.3 Å². The standard InChI is InChI=1S/C16H18N2O4/c19-13(18-9-1-2-10-18)11-3-5-12(6-4-11)17-14(20)16(7-8-16)15(21)22/h3-6H,1-2,7-10H2,(H,17,20)(H,21,22). The molecule has 1 saturated carbocycles. The van der Waals surface area contributed by atoms with Gasteiger partial charge in [0.15, 0.2) is 0 Å². The van der Waals surface area contributed by atoms with Crippen molar-refractivity contribution >= 4 is 23.5 Å². The fourth-order valence-corrected chi connectivity index (χ4v) is 2.71. The second-order valence-corrected chi connectivity index (χ2v) is 5.92. The van der Waals surface area contributed by atoms with E-state index in [1.165, 1.54) is 0 Å². The van der Waals surface area contributed by atoms with Gasteiger partial charge in [-0.15, -0.1) is 0 Å². The first-order valence-corrected chi connectivity index (χ1v) is 7.47. The molecule has 3 rings (SSSR count). The van der Waals surface area contributed by atoms with Gasteiger partial charge in [-0.1, -0.05) is 0 Å². The fourth-order valence-electron chi connectivity index (χ4n) is 2.71. The first-order chi connectivity index (χ1) is 10.5. The molecule has 2 amide bonds. The second-order valence-electron chi connectivity index (χ2n) is 5.92. The van der Waals surface area contributed by atoms with E-state index in [0.717, 1.165) is 25.9 Å². The van der Waals surface area contributed by atoms with Crippen molar-refractivity contribution in [2.24, 2.45) is 5.41 Å². The van der Waals surface area contributed by atoms with Crippen molar-refractivity contribution < 1.29 is 19.5 Å². The Balaban J connectivity index is 1.66. The van der Waals surface area contributed by atoms with Crippen LogP contribution in [0.2, 0.25) is 0 Å². The minimum absolute atomic E-state index is 0.000393. The number of hydrogen-bond donors (Lipinski definition) is 2. The van der Waals surface area contributed by atoms with Gasteiger partial charge in [0.25, 0.3) is 5.91 Å². The van der Waals surface area contributed by atoms with E-state index in [1.807, 2.05) is 4.90 Å². The van der Waals surface area contributed by atoms with E-state index in [4.69, 9.17) is 5.11 Å². The van der Waals surface area contributed by atoms with E-state index in [0.29, 0.717) is 24.1 Å². The molecule has 0 bridgehead atoms. The first-order valence-electron chi connectivity index (χ1n) is 7.47. The van der Waals surface area contributed by atoms with Crippen LogP contribution in [0.5, 0.6) is 0 Å². The number of hydrogen-bond acceptors (Lipinski definition) is 3. The zero-order chi connectivity index (χ0) is 15.7. The molecule has 0 radical (unpaired) electrons. The summed E-state index contributed by atoms with van der Waals surface area (Å²) in [5.74, 6) is -1.57. The van der Waals surface area contributed by atoms with Crippen molar-refractivity contribution in [1.82, 2.24) is 4.90 Å². The Morgan fingerprint density at radius 1 is 1.05 bits per heavy atom. The Bertz CT molecular complexity index is 614. The highest BCUT2D eigenvalue weighted by Gasteiger charge is 2.57. The van der Waals surface area contributed by atoms with E-state index in [-0.39, 0.29) is 5.91 Å². The third-order valence-corrected chi connectivity index (χ3v) is 4.38. The maximum atomic E-state index is 12.2. The van der Waals surface area contributed by atoms with E-state index in [2.05, 4.69) is 5.32 Å². The minimum Gasteiger partial charge on any atom is -0.480 e. The molecular weight excluding hydrogens is 284 g/mol. The molecule has 0 spiro atoms. The number of aliphatic carboxylic acids is 1. The number of nitrogens with zero attached hydrogens (tertiary/aromatic N) is 1. The van der Waals surface area contributed by atoms with Crippen LogP contribution in [0.25, 0.3) is 0 Å². The summed E-state index contributed by atoms with van der Waals surface area (Å²) in [6.07, 6.45) is 2.83. The van der Waals surface area contributed by atoms with Gasteiger partial charge in [-0.05, 0) is 49.9 Å². The summed E-state index contributed by atoms with van der Waals surface area (Å²) in [7, 11) is 0. The minimum atomic E-state index is -1.26. The van der Waals surface area contributed by atoms with E-state index in [1.54, 1.807) is 24.3 Å². The molecule has 0 unspecified atom stereocenters. The number of carbonyl (C=O) groups excluding carboxylic acids is 2. The Morgan fingerprint density at radius 2 is 1.64 bits per heavy atom. The number of anilines is 1. The summed E-state index contributed by atoms with van der Waals surface area (Å²) in [6, 6.07) is 6.60. The molecule has 1 aromatic rings. The predicted molar refractivity (Wildman–Crippen MR) is 79.5 cm³/mol. The van der Waals surface area contributed by atoms with E-state index in [9.17, 15) is 14.4 Å². The second kappa shape index (κ2) is 5.44. The van der Waals surface area contributed by atoms with Crippen molar-refractivity contribution in [3.63, 3.8) is 0 Å². The average Bonchev–Trinajstić information content (AvgIpc) is 3.16. The normalized spacial score (nSPS) is 18.8. The van der Waals surface area contributed by atoms with Gasteiger partial charge in [0.1, 0.15) is 5.41 Å². The lowest BCUT2D eigenvalue weighted by Crippen LogP contribution is -2.31. The predicted octanol–water partition coefficient (Wildman–Crippen LogP) is 1.73. The molecule has 2 N–H and O–H groups in total. The lowest BCUT2D eigenvalue weighted by molar-refractivity contribution is -0.147. The number of likely N-dealkylation sites (tertiary alicyclic amines) is 1. The number of rotatable bonds is 4. The zero-order valence-corrected chi connectivity index (χ0v) is 12.2. The van der Waals surface area contributed by atoms with Gasteiger partial charge >= 0.3 is 5.97 Å². The molecule has 0 atom stereocenters. The number of carboxylic acids is 1. The van der Waals surface area contributed by atoms with Crippen LogP contribution in [0.3, 0.4) is 0 Å². The van der Waals surface area contributed by atoms with Crippen LogP contribution < -0.4 is 5.32 Å². The maximum Gasteiger partial charge on any atom is 0.319 e. The van der Waals surface area contributed by atoms with Crippen molar-refractivity contribution in [3.8, 4) is 0 Å². The number of benzene rings is 1. The van der Waals surface area contributed by atoms with Gasteiger partial charge in [-0.25, -0.2) is 0 Å². The molecule has 2 aliphatic rings. The molecule has 6 heteroatoms. The monoisotopic (exact) mass is 302 g/mol. The molecule has 1 aliphatic heterocycles. The average molecular weight is 302 g/mol. The summed E-state index contributed by atoms with van der Waals surface area (Å²) in [6.45, 7) is 1.58. The van der Waals surface area contributed by atoms with Crippen LogP contribution in [0.1, 0.15) is 36.0 Å². The number of amides is 2. The molecule has 6 nitrogen and oxygen atoms in total. The van der Waals surface area contributed by atoms with E-state index < -0.39 is 17.3 Å². The number of carboxylic acid groups (broad SMARTS) is 1. The van der Waals surface area contributed by atoms with Gasteiger partial charge in [0.05, 0.1) is 0 Å². The third kappa shape index (κ3) is 2.56. The third-order valence-electron chi connectivity index (χ3n) is 4.38. The van der Waals surface area contributed by atoms with Crippen LogP contribution in [0.15, 0.2) is 24.3 Å². The molecule has 1 heterocycles. The van der Waals surface area contributed by atoms with Crippen LogP contribution in [-0.4, -0.2) is 40.9 Å². The summed E-state index contributed by atoms with van der Waals surface area (Å²) >= 11 is 0. The van der Waals surface area contributed by atoms with Gasteiger partial charge in [0.2, 0.25) is 5.91 Å². The molecule has 116 valence electrons. The smallest absolute Gasteiger partial charge is 0.319 e. The van der Waals surface area contributed by atoms with Crippen LogP contribution in [0, 0.1) is 5.41 Å². The Kier molecular flexibility index (Phi) is 3.60. The highest BCUT2D eigenvalue weighted by Crippen LogP contribution is 2.46. The van der Waals surface area contributed by atoms with Crippen LogP contribution in [0.4, 0.5) is 5.69 Å². The lowest BCUT2D eigenvalue weighted by atomic mass is 10.1. The van der Waals surface area contributed by atoms with Gasteiger partial charge in [0, 0.05) is 24.3 Å². The molecule has 1 aromatic carbocycles. The fraction of sp³-hybridized carbons (Fsp3) is 0.438. The van der Waals surface area contributed by atoms with Gasteiger partial charge in [-0.3, -0.25) is 14.4 Å². The summed E-state index contributed by atoms with van der Waals surface area (Å²) in [5, 5.41) is 11.7. The summed E-state index contributed by atoms with van der Waals surface area (Å²) < 4.78 is 0. The highest BCUT2D eigenvalue weighted by molar-refractivity contribution is 6.10. The number of carbonyl (C=O) groups is 3. The molecule has 2 fully saturated rings. The maximum absolute atomic E-state index is 12.2. The number of nitrogens with one attached hydrogen (secondary N) is 1. The van der Waals surface area contributed by atoms with Crippen LogP contribution in [-0.2, 0) is 9.59 Å². The Hall–Kier alpha value is -2.37. The Labute approximate surface area is 128 Å². The van der Waals surface area contributed by atoms with E-state index >= 15 is 0 Å². The van der Waals surface area contributed by atoms with Crippen LogP contribution >= 0.6 is 0 Å². The summed E-state index contributed by atoms with van der Waals surface area (Å²) in [4.78, 5) is 37.1. The molecule has 22 heavy (non-hydrogen) atoms. The Morgan fingerprint density at radius 3 is 2.14 bits per heavy atom. The lowest BCUT2D eigenvalue weighted by Gasteiger charge is -2.15.